The molecule has 0 fully saturated rings. The van der Waals surface area contributed by atoms with E-state index in [1.807, 2.05) is 13.0 Å². The Kier molecular flexibility index (Phi) is 6.59. The zero-order chi connectivity index (χ0) is 19.1. The molecule has 1 atom stereocenters. The van der Waals surface area contributed by atoms with E-state index >= 15 is 0 Å². The van der Waals surface area contributed by atoms with Gasteiger partial charge in [0.2, 0.25) is 0 Å². The van der Waals surface area contributed by atoms with Gasteiger partial charge in [-0.2, -0.15) is 11.3 Å². The van der Waals surface area contributed by atoms with Gasteiger partial charge in [0.05, 0.1) is 18.6 Å². The lowest BCUT2D eigenvalue weighted by atomic mass is 10.1. The van der Waals surface area contributed by atoms with E-state index in [-0.39, 0.29) is 5.82 Å². The molecule has 0 radical (unpaired) electrons. The molecule has 142 valence electrons. The van der Waals surface area contributed by atoms with Crippen LogP contribution in [-0.2, 0) is 6.54 Å². The molecule has 0 aliphatic rings. The van der Waals surface area contributed by atoms with Crippen LogP contribution in [0.15, 0.2) is 58.7 Å². The van der Waals surface area contributed by atoms with Crippen LogP contribution in [0.1, 0.15) is 30.9 Å². The summed E-state index contributed by atoms with van der Waals surface area (Å²) in [6.45, 7) is 6.17. The Bertz CT molecular complexity index is 859. The number of nitrogens with one attached hydrogen (secondary N) is 2. The SMILES string of the molecule is CCNC(=NCc1ccc(-n2ccnc2)c(F)c1)NCC(C)c1ccsc1. The smallest absolute Gasteiger partial charge is 0.191 e. The van der Waals surface area contributed by atoms with Crippen molar-refractivity contribution in [1.29, 1.82) is 0 Å². The lowest BCUT2D eigenvalue weighted by Crippen LogP contribution is -2.39. The van der Waals surface area contributed by atoms with Crippen molar-refractivity contribution < 1.29 is 4.39 Å². The van der Waals surface area contributed by atoms with E-state index in [2.05, 4.69) is 44.4 Å². The Morgan fingerprint density at radius 3 is 2.89 bits per heavy atom. The summed E-state index contributed by atoms with van der Waals surface area (Å²) in [6, 6.07) is 7.31. The number of hydrogen-bond donors (Lipinski definition) is 2. The molecule has 7 heteroatoms. The third-order valence-corrected chi connectivity index (χ3v) is 4.95. The third-order valence-electron chi connectivity index (χ3n) is 4.25. The number of nitrogens with zero attached hydrogens (tertiary/aromatic N) is 3. The molecule has 27 heavy (non-hydrogen) atoms. The van der Waals surface area contributed by atoms with Crippen LogP contribution < -0.4 is 10.6 Å². The number of halogens is 1. The molecule has 1 unspecified atom stereocenters. The Hall–Kier alpha value is -2.67. The van der Waals surface area contributed by atoms with Gasteiger partial charge in [-0.05, 0) is 52.9 Å². The molecule has 1 aromatic carbocycles. The minimum absolute atomic E-state index is 0.287. The summed E-state index contributed by atoms with van der Waals surface area (Å²) < 4.78 is 16.0. The number of hydrogen-bond acceptors (Lipinski definition) is 3. The van der Waals surface area contributed by atoms with Crippen LogP contribution >= 0.6 is 11.3 Å². The van der Waals surface area contributed by atoms with Crippen LogP contribution in [0.4, 0.5) is 4.39 Å². The Balaban J connectivity index is 1.63. The maximum absolute atomic E-state index is 14.4. The van der Waals surface area contributed by atoms with Gasteiger partial charge in [-0.1, -0.05) is 13.0 Å². The van der Waals surface area contributed by atoms with Gasteiger partial charge in [0, 0.05) is 25.5 Å². The first kappa shape index (κ1) is 19.1. The standard InChI is InChI=1S/C20H24FN5S/c1-3-23-20(24-11-15(2)17-6-9-27-13-17)25-12-16-4-5-19(18(21)10-16)26-8-7-22-14-26/h4-10,13-15H,3,11-12H2,1-2H3,(H2,23,24,25). The van der Waals surface area contributed by atoms with Gasteiger partial charge >= 0.3 is 0 Å². The molecule has 2 heterocycles. The second kappa shape index (κ2) is 9.32. The molecule has 2 N–H and O–H groups in total. The average molecular weight is 386 g/mol. The first-order valence-electron chi connectivity index (χ1n) is 8.98. The minimum atomic E-state index is -0.287. The van der Waals surface area contributed by atoms with E-state index in [1.54, 1.807) is 40.7 Å². The van der Waals surface area contributed by atoms with E-state index in [9.17, 15) is 4.39 Å². The minimum Gasteiger partial charge on any atom is -0.357 e. The molecule has 0 spiro atoms. The number of thiophene rings is 1. The molecule has 3 rings (SSSR count). The number of rotatable bonds is 7. The van der Waals surface area contributed by atoms with Crippen LogP contribution in [-0.4, -0.2) is 28.6 Å². The largest absolute Gasteiger partial charge is 0.357 e. The van der Waals surface area contributed by atoms with Gasteiger partial charge in [0.1, 0.15) is 5.82 Å². The molecule has 0 aliphatic heterocycles. The van der Waals surface area contributed by atoms with Gasteiger partial charge in [-0.25, -0.2) is 14.4 Å². The van der Waals surface area contributed by atoms with Crippen LogP contribution in [0.3, 0.4) is 0 Å². The van der Waals surface area contributed by atoms with Crippen molar-refractivity contribution in [1.82, 2.24) is 20.2 Å². The highest BCUT2D eigenvalue weighted by Crippen LogP contribution is 2.17. The Morgan fingerprint density at radius 1 is 1.33 bits per heavy atom. The monoisotopic (exact) mass is 385 g/mol. The zero-order valence-electron chi connectivity index (χ0n) is 15.5. The maximum atomic E-state index is 14.4. The molecular weight excluding hydrogens is 361 g/mol. The zero-order valence-corrected chi connectivity index (χ0v) is 16.3. The quantitative estimate of drug-likeness (QED) is 0.479. The van der Waals surface area contributed by atoms with Crippen LogP contribution in [0, 0.1) is 5.82 Å². The highest BCUT2D eigenvalue weighted by molar-refractivity contribution is 7.07. The third kappa shape index (κ3) is 5.17. The van der Waals surface area contributed by atoms with Crippen molar-refractivity contribution in [2.45, 2.75) is 26.3 Å². The normalized spacial score (nSPS) is 12.8. The summed E-state index contributed by atoms with van der Waals surface area (Å²) >= 11 is 1.71. The Morgan fingerprint density at radius 2 is 2.22 bits per heavy atom. The molecule has 0 aliphatic carbocycles. The summed E-state index contributed by atoms with van der Waals surface area (Å²) in [5.74, 6) is 0.843. The maximum Gasteiger partial charge on any atom is 0.191 e. The van der Waals surface area contributed by atoms with Crippen molar-refractivity contribution >= 4 is 17.3 Å². The number of aromatic nitrogens is 2. The van der Waals surface area contributed by atoms with Crippen molar-refractivity contribution in [3.05, 3.63) is 70.7 Å². The Labute approximate surface area is 163 Å². The molecule has 0 saturated carbocycles. The van der Waals surface area contributed by atoms with Gasteiger partial charge in [0.15, 0.2) is 5.96 Å². The van der Waals surface area contributed by atoms with E-state index < -0.39 is 0 Å². The lowest BCUT2D eigenvalue weighted by Gasteiger charge is -2.15. The average Bonchev–Trinajstić information content (AvgIpc) is 3.37. The highest BCUT2D eigenvalue weighted by Gasteiger charge is 2.08. The second-order valence-corrected chi connectivity index (χ2v) is 7.07. The number of aliphatic imine (C=N–C) groups is 1. The summed E-state index contributed by atoms with van der Waals surface area (Å²) in [4.78, 5) is 8.54. The molecule has 0 bridgehead atoms. The van der Waals surface area contributed by atoms with Crippen molar-refractivity contribution in [3.8, 4) is 5.69 Å². The van der Waals surface area contributed by atoms with Crippen molar-refractivity contribution in [3.63, 3.8) is 0 Å². The topological polar surface area (TPSA) is 54.2 Å². The lowest BCUT2D eigenvalue weighted by molar-refractivity contribution is 0.615. The summed E-state index contributed by atoms with van der Waals surface area (Å²) in [7, 11) is 0. The molecule has 5 nitrogen and oxygen atoms in total. The van der Waals surface area contributed by atoms with Gasteiger partial charge in [-0.3, -0.25) is 0 Å². The molecule has 3 aromatic rings. The summed E-state index contributed by atoms with van der Waals surface area (Å²) in [5.41, 5.74) is 2.62. The first-order valence-corrected chi connectivity index (χ1v) is 9.92. The predicted octanol–water partition coefficient (Wildman–Crippen LogP) is 3.93. The van der Waals surface area contributed by atoms with Crippen LogP contribution in [0.2, 0.25) is 0 Å². The second-order valence-electron chi connectivity index (χ2n) is 6.29. The van der Waals surface area contributed by atoms with Crippen LogP contribution in [0.25, 0.3) is 5.69 Å². The fourth-order valence-corrected chi connectivity index (χ4v) is 3.48. The molecule has 2 aromatic heterocycles. The summed E-state index contributed by atoms with van der Waals surface area (Å²) in [6.07, 6.45) is 4.93. The number of imidazole rings is 1. The summed E-state index contributed by atoms with van der Waals surface area (Å²) in [5, 5.41) is 10.9. The molecule has 0 amide bonds. The van der Waals surface area contributed by atoms with E-state index in [4.69, 9.17) is 0 Å². The molecular formula is C20H24FN5S. The van der Waals surface area contributed by atoms with Gasteiger partial charge in [-0.15, -0.1) is 0 Å². The fourth-order valence-electron chi connectivity index (χ4n) is 2.69. The van der Waals surface area contributed by atoms with Crippen molar-refractivity contribution in [2.75, 3.05) is 13.1 Å². The van der Waals surface area contributed by atoms with Crippen molar-refractivity contribution in [2.24, 2.45) is 4.99 Å². The number of guanidine groups is 1. The van der Waals surface area contributed by atoms with E-state index in [1.165, 1.54) is 11.6 Å². The fraction of sp³-hybridized carbons (Fsp3) is 0.300. The first-order chi connectivity index (χ1) is 13.2. The molecule has 0 saturated heterocycles. The van der Waals surface area contributed by atoms with E-state index in [0.29, 0.717) is 18.2 Å². The van der Waals surface area contributed by atoms with Gasteiger partial charge in [0.25, 0.3) is 0 Å². The van der Waals surface area contributed by atoms with Gasteiger partial charge < -0.3 is 15.2 Å². The van der Waals surface area contributed by atoms with E-state index in [0.717, 1.165) is 24.6 Å². The highest BCUT2D eigenvalue weighted by atomic mass is 32.1. The predicted molar refractivity (Wildman–Crippen MR) is 109 cm³/mol. The van der Waals surface area contributed by atoms with Crippen LogP contribution in [0.5, 0.6) is 0 Å². The number of benzene rings is 1.